The van der Waals surface area contributed by atoms with Gasteiger partial charge in [-0.05, 0) is 13.0 Å². The molecule has 15 heteroatoms. The minimum absolute atomic E-state index is 0.0620. The van der Waals surface area contributed by atoms with Gasteiger partial charge in [0.05, 0.1) is 23.1 Å². The van der Waals surface area contributed by atoms with Gasteiger partial charge in [-0.2, -0.15) is 0 Å². The van der Waals surface area contributed by atoms with Crippen molar-refractivity contribution in [3.63, 3.8) is 0 Å². The Kier molecular flexibility index (Phi) is 8.41. The number of methoxy groups -OCH3 is 2. The van der Waals surface area contributed by atoms with Gasteiger partial charge in [0, 0.05) is 38.4 Å². The van der Waals surface area contributed by atoms with E-state index in [-0.39, 0.29) is 29.8 Å². The average Bonchev–Trinajstić information content (AvgIpc) is 3.20. The van der Waals surface area contributed by atoms with Crippen LogP contribution < -0.4 is 4.74 Å². The molecule has 0 amide bonds. The van der Waals surface area contributed by atoms with Crippen molar-refractivity contribution in [1.82, 2.24) is 29.7 Å². The summed E-state index contributed by atoms with van der Waals surface area (Å²) in [5.74, 6) is -0.0184. The van der Waals surface area contributed by atoms with E-state index in [1.54, 1.807) is 18.2 Å². The number of hydrogen-bond donors (Lipinski definition) is 0. The van der Waals surface area contributed by atoms with E-state index >= 15 is 0 Å². The molecular formula is C20H25ClN6O6S2. The summed E-state index contributed by atoms with van der Waals surface area (Å²) in [5.41, 5.74) is 0.353. The van der Waals surface area contributed by atoms with Gasteiger partial charge in [0.2, 0.25) is 5.88 Å². The molecule has 0 bridgehead atoms. The highest BCUT2D eigenvalue weighted by molar-refractivity contribution is 7.91. The summed E-state index contributed by atoms with van der Waals surface area (Å²) >= 11 is 5.83. The summed E-state index contributed by atoms with van der Waals surface area (Å²) in [4.78, 5) is 12.5. The maximum atomic E-state index is 13.3. The first-order chi connectivity index (χ1) is 16.4. The lowest BCUT2D eigenvalue weighted by Gasteiger charge is -2.21. The van der Waals surface area contributed by atoms with E-state index in [9.17, 15) is 16.8 Å². The molecule has 35 heavy (non-hydrogen) atoms. The molecule has 3 aromatic heterocycles. The zero-order valence-electron chi connectivity index (χ0n) is 19.5. The Morgan fingerprint density at radius 1 is 1.09 bits per heavy atom. The maximum Gasteiger partial charge on any atom is 0.213 e. The SMILES string of the molecule is COc1cccc(-c2nnc(CS(=O)(=O)[C@@H](C)[C@H](OC)c3ncc(Cl)cn3)n2CCS(C)(=O)=O)n1. The van der Waals surface area contributed by atoms with Gasteiger partial charge in [-0.25, -0.2) is 31.8 Å². The fourth-order valence-electron chi connectivity index (χ4n) is 3.25. The summed E-state index contributed by atoms with van der Waals surface area (Å²) in [6.45, 7) is 1.41. The Morgan fingerprint density at radius 3 is 2.37 bits per heavy atom. The van der Waals surface area contributed by atoms with Crippen LogP contribution >= 0.6 is 11.6 Å². The molecule has 0 aromatic carbocycles. The van der Waals surface area contributed by atoms with Gasteiger partial charge in [0.15, 0.2) is 21.5 Å². The van der Waals surface area contributed by atoms with Crippen molar-refractivity contribution in [3.05, 3.63) is 47.3 Å². The van der Waals surface area contributed by atoms with Crippen molar-refractivity contribution in [2.45, 2.75) is 30.6 Å². The second kappa shape index (κ2) is 10.9. The molecule has 3 rings (SSSR count). The summed E-state index contributed by atoms with van der Waals surface area (Å²) in [6.07, 6.45) is 2.83. The van der Waals surface area contributed by atoms with E-state index < -0.39 is 36.8 Å². The van der Waals surface area contributed by atoms with E-state index in [1.807, 2.05) is 0 Å². The molecule has 0 radical (unpaired) electrons. The van der Waals surface area contributed by atoms with Gasteiger partial charge in [-0.1, -0.05) is 17.7 Å². The second-order valence-corrected chi connectivity index (χ2v) is 12.8. The van der Waals surface area contributed by atoms with Gasteiger partial charge in [0.1, 0.15) is 33.2 Å². The van der Waals surface area contributed by atoms with Gasteiger partial charge in [-0.15, -0.1) is 10.2 Å². The van der Waals surface area contributed by atoms with Crippen molar-refractivity contribution in [2.24, 2.45) is 0 Å². The minimum Gasteiger partial charge on any atom is -0.481 e. The van der Waals surface area contributed by atoms with E-state index in [2.05, 4.69) is 25.1 Å². The normalized spacial score (nSPS) is 14.0. The largest absolute Gasteiger partial charge is 0.481 e. The molecule has 3 heterocycles. The smallest absolute Gasteiger partial charge is 0.213 e. The number of halogens is 1. The average molecular weight is 545 g/mol. The van der Waals surface area contributed by atoms with Crippen LogP contribution in [0, 0.1) is 0 Å². The molecule has 0 aliphatic heterocycles. The first kappa shape index (κ1) is 26.9. The van der Waals surface area contributed by atoms with Crippen LogP contribution in [-0.2, 0) is 36.7 Å². The predicted octanol–water partition coefficient (Wildman–Crippen LogP) is 1.53. The number of rotatable bonds is 11. The molecule has 12 nitrogen and oxygen atoms in total. The van der Waals surface area contributed by atoms with Crippen LogP contribution in [-0.4, -0.2) is 78.0 Å². The van der Waals surface area contributed by atoms with E-state index in [0.717, 1.165) is 6.26 Å². The monoisotopic (exact) mass is 544 g/mol. The quantitative estimate of drug-likeness (QED) is 0.344. The Balaban J connectivity index is 1.98. The lowest BCUT2D eigenvalue weighted by molar-refractivity contribution is 0.0948. The van der Waals surface area contributed by atoms with Crippen LogP contribution in [0.2, 0.25) is 5.02 Å². The van der Waals surface area contributed by atoms with E-state index in [0.29, 0.717) is 16.6 Å². The lowest BCUT2D eigenvalue weighted by Crippen LogP contribution is -2.30. The van der Waals surface area contributed by atoms with Crippen LogP contribution in [0.1, 0.15) is 24.7 Å². The van der Waals surface area contributed by atoms with Crippen molar-refractivity contribution in [2.75, 3.05) is 26.2 Å². The molecular weight excluding hydrogens is 520 g/mol. The molecule has 0 aliphatic rings. The number of ether oxygens (including phenoxy) is 2. The number of hydrogen-bond acceptors (Lipinski definition) is 11. The molecule has 0 unspecified atom stereocenters. The molecule has 0 saturated heterocycles. The Bertz CT molecular complexity index is 1380. The zero-order valence-corrected chi connectivity index (χ0v) is 21.9. The first-order valence-corrected chi connectivity index (χ1v) is 14.4. The van der Waals surface area contributed by atoms with E-state index in [4.69, 9.17) is 21.1 Å². The third-order valence-corrected chi connectivity index (χ3v) is 8.31. The highest BCUT2D eigenvalue weighted by Gasteiger charge is 2.34. The van der Waals surface area contributed by atoms with Crippen LogP contribution in [0.25, 0.3) is 11.5 Å². The van der Waals surface area contributed by atoms with Gasteiger partial charge >= 0.3 is 0 Å². The zero-order chi connectivity index (χ0) is 25.8. The first-order valence-electron chi connectivity index (χ1n) is 10.3. The number of sulfone groups is 2. The summed E-state index contributed by atoms with van der Waals surface area (Å²) in [7, 11) is -4.45. The molecule has 190 valence electrons. The summed E-state index contributed by atoms with van der Waals surface area (Å²) in [5, 5.41) is 7.40. The van der Waals surface area contributed by atoms with Crippen LogP contribution in [0.4, 0.5) is 0 Å². The number of pyridine rings is 1. The Morgan fingerprint density at radius 2 is 1.77 bits per heavy atom. The molecule has 0 fully saturated rings. The Labute approximate surface area is 208 Å². The molecule has 0 N–H and O–H groups in total. The number of nitrogens with zero attached hydrogens (tertiary/aromatic N) is 6. The molecule has 0 aliphatic carbocycles. The third-order valence-electron chi connectivity index (χ3n) is 5.15. The van der Waals surface area contributed by atoms with Crippen molar-refractivity contribution >= 4 is 31.3 Å². The summed E-state index contributed by atoms with van der Waals surface area (Å²) in [6, 6.07) is 4.96. The summed E-state index contributed by atoms with van der Waals surface area (Å²) < 4.78 is 62.3. The van der Waals surface area contributed by atoms with Crippen LogP contribution in [0.15, 0.2) is 30.6 Å². The van der Waals surface area contributed by atoms with E-state index in [1.165, 1.54) is 38.1 Å². The maximum absolute atomic E-state index is 13.3. The van der Waals surface area contributed by atoms with Crippen molar-refractivity contribution in [1.29, 1.82) is 0 Å². The molecule has 2 atom stereocenters. The van der Waals surface area contributed by atoms with Crippen LogP contribution in [0.3, 0.4) is 0 Å². The highest BCUT2D eigenvalue weighted by atomic mass is 35.5. The predicted molar refractivity (Wildman–Crippen MR) is 128 cm³/mol. The van der Waals surface area contributed by atoms with Gasteiger partial charge in [0.25, 0.3) is 0 Å². The highest BCUT2D eigenvalue weighted by Crippen LogP contribution is 2.27. The second-order valence-electron chi connectivity index (χ2n) is 7.71. The van der Waals surface area contributed by atoms with Crippen LogP contribution in [0.5, 0.6) is 5.88 Å². The standard InChI is InChI=1S/C20H25ClN6O6S2/c1-13(18(33-3)19-22-10-14(21)11-23-19)35(30,31)12-16-25-26-20(27(16)8-9-34(4,28)29)15-6-5-7-17(24-15)32-2/h5-7,10-11,13,18H,8-9,12H2,1-4H3/t13-,18-/m0/s1. The van der Waals surface area contributed by atoms with Crippen molar-refractivity contribution < 1.29 is 26.3 Å². The van der Waals surface area contributed by atoms with Gasteiger partial charge in [-0.3, -0.25) is 0 Å². The fraction of sp³-hybridized carbons (Fsp3) is 0.450. The topological polar surface area (TPSA) is 156 Å². The fourth-order valence-corrected chi connectivity index (χ4v) is 5.31. The molecule has 0 saturated carbocycles. The van der Waals surface area contributed by atoms with Crippen molar-refractivity contribution in [3.8, 4) is 17.4 Å². The molecule has 3 aromatic rings. The molecule has 0 spiro atoms. The third kappa shape index (κ3) is 6.72. The lowest BCUT2D eigenvalue weighted by atomic mass is 10.2. The van der Waals surface area contributed by atoms with Gasteiger partial charge < -0.3 is 14.0 Å². The minimum atomic E-state index is -3.90. The Hall–Kier alpha value is -2.68. The number of aromatic nitrogens is 6.